The van der Waals surface area contributed by atoms with E-state index in [4.69, 9.17) is 0 Å². The van der Waals surface area contributed by atoms with Crippen LogP contribution in [0.4, 0.5) is 0 Å². The minimum atomic E-state index is 0.397. The van der Waals surface area contributed by atoms with Gasteiger partial charge < -0.3 is 5.32 Å². The van der Waals surface area contributed by atoms with Crippen molar-refractivity contribution in [2.75, 3.05) is 6.54 Å². The average molecular weight is 285 g/mol. The van der Waals surface area contributed by atoms with Gasteiger partial charge in [-0.2, -0.15) is 5.10 Å². The van der Waals surface area contributed by atoms with Crippen LogP contribution in [0.25, 0.3) is 0 Å². The molecule has 21 heavy (non-hydrogen) atoms. The number of hydrogen-bond acceptors (Lipinski definition) is 2. The number of rotatable bonds is 8. The summed E-state index contributed by atoms with van der Waals surface area (Å²) in [5.41, 5.74) is 3.99. The molecule has 114 valence electrons. The van der Waals surface area contributed by atoms with Crippen molar-refractivity contribution in [3.8, 4) is 0 Å². The highest BCUT2D eigenvalue weighted by Crippen LogP contribution is 2.22. The molecule has 0 bridgehead atoms. The molecule has 1 N–H and O–H groups in total. The quantitative estimate of drug-likeness (QED) is 0.802. The second-order valence-corrected chi connectivity index (χ2v) is 5.59. The van der Waals surface area contributed by atoms with E-state index in [1.165, 1.54) is 16.8 Å². The van der Waals surface area contributed by atoms with Crippen LogP contribution >= 0.6 is 0 Å². The van der Waals surface area contributed by atoms with E-state index in [2.05, 4.69) is 60.8 Å². The Kier molecular flexibility index (Phi) is 6.00. The summed E-state index contributed by atoms with van der Waals surface area (Å²) in [5, 5.41) is 8.28. The Morgan fingerprint density at radius 2 is 1.95 bits per heavy atom. The maximum atomic E-state index is 4.59. The lowest BCUT2D eigenvalue weighted by Gasteiger charge is -2.18. The molecular formula is C18H27N3. The molecule has 0 aliphatic heterocycles. The summed E-state index contributed by atoms with van der Waals surface area (Å²) in [7, 11) is 2.01. The summed E-state index contributed by atoms with van der Waals surface area (Å²) in [5.74, 6) is 0. The van der Waals surface area contributed by atoms with Gasteiger partial charge in [0.1, 0.15) is 0 Å². The normalized spacial score (nSPS) is 12.5. The van der Waals surface area contributed by atoms with Crippen molar-refractivity contribution in [3.63, 3.8) is 0 Å². The molecule has 0 aliphatic rings. The molecule has 0 fully saturated rings. The zero-order chi connectivity index (χ0) is 15.1. The summed E-state index contributed by atoms with van der Waals surface area (Å²) < 4.78 is 1.94. The van der Waals surface area contributed by atoms with Gasteiger partial charge in [0.05, 0.1) is 5.69 Å². The number of nitrogens with zero attached hydrogens (tertiary/aromatic N) is 2. The Morgan fingerprint density at radius 1 is 1.19 bits per heavy atom. The van der Waals surface area contributed by atoms with E-state index in [0.29, 0.717) is 6.04 Å². The monoisotopic (exact) mass is 285 g/mol. The lowest BCUT2D eigenvalue weighted by Crippen LogP contribution is -2.23. The van der Waals surface area contributed by atoms with Crippen LogP contribution in [-0.4, -0.2) is 16.3 Å². The molecule has 0 aliphatic carbocycles. The lowest BCUT2D eigenvalue weighted by atomic mass is 9.98. The molecule has 1 unspecified atom stereocenters. The van der Waals surface area contributed by atoms with Crippen LogP contribution in [0.2, 0.25) is 0 Å². The van der Waals surface area contributed by atoms with Crippen molar-refractivity contribution in [2.45, 2.75) is 45.6 Å². The summed E-state index contributed by atoms with van der Waals surface area (Å²) in [6, 6.07) is 11.1. The van der Waals surface area contributed by atoms with E-state index in [1.54, 1.807) is 0 Å². The van der Waals surface area contributed by atoms with Crippen LogP contribution in [0, 0.1) is 0 Å². The van der Waals surface area contributed by atoms with E-state index in [-0.39, 0.29) is 0 Å². The fourth-order valence-electron chi connectivity index (χ4n) is 2.76. The van der Waals surface area contributed by atoms with Crippen LogP contribution < -0.4 is 5.32 Å². The third-order valence-corrected chi connectivity index (χ3v) is 3.85. The fourth-order valence-corrected chi connectivity index (χ4v) is 2.76. The first-order valence-corrected chi connectivity index (χ1v) is 8.04. The third-order valence-electron chi connectivity index (χ3n) is 3.85. The van der Waals surface area contributed by atoms with Crippen molar-refractivity contribution >= 4 is 0 Å². The van der Waals surface area contributed by atoms with Crippen molar-refractivity contribution in [1.82, 2.24) is 15.1 Å². The van der Waals surface area contributed by atoms with Gasteiger partial charge in [0, 0.05) is 24.8 Å². The Balaban J connectivity index is 2.10. The van der Waals surface area contributed by atoms with Gasteiger partial charge in [0.25, 0.3) is 0 Å². The average Bonchev–Trinajstić information content (AvgIpc) is 2.89. The van der Waals surface area contributed by atoms with Crippen molar-refractivity contribution < 1.29 is 0 Å². The van der Waals surface area contributed by atoms with Crippen molar-refractivity contribution in [1.29, 1.82) is 0 Å². The molecule has 1 aromatic heterocycles. The Hall–Kier alpha value is -1.61. The minimum absolute atomic E-state index is 0.397. The smallest absolute Gasteiger partial charge is 0.0669 e. The molecule has 0 saturated carbocycles. The van der Waals surface area contributed by atoms with Gasteiger partial charge >= 0.3 is 0 Å². The predicted octanol–water partition coefficient (Wildman–Crippen LogP) is 3.66. The molecule has 0 radical (unpaired) electrons. The summed E-state index contributed by atoms with van der Waals surface area (Å²) in [4.78, 5) is 0. The first-order valence-electron chi connectivity index (χ1n) is 8.04. The maximum Gasteiger partial charge on any atom is 0.0669 e. The van der Waals surface area contributed by atoms with Gasteiger partial charge in [-0.3, -0.25) is 4.68 Å². The zero-order valence-corrected chi connectivity index (χ0v) is 13.5. The largest absolute Gasteiger partial charge is 0.310 e. The zero-order valence-electron chi connectivity index (χ0n) is 13.5. The number of nitrogens with one attached hydrogen (secondary N) is 1. The molecule has 1 atom stereocenters. The van der Waals surface area contributed by atoms with E-state index in [9.17, 15) is 0 Å². The van der Waals surface area contributed by atoms with Crippen molar-refractivity contribution in [2.24, 2.45) is 7.05 Å². The Labute approximate surface area is 128 Å². The molecule has 3 nitrogen and oxygen atoms in total. The van der Waals surface area contributed by atoms with E-state index in [0.717, 1.165) is 32.2 Å². The summed E-state index contributed by atoms with van der Waals surface area (Å²) in [6.07, 6.45) is 6.54. The maximum absolute atomic E-state index is 4.59. The molecule has 2 aromatic rings. The number of hydrogen-bond donors (Lipinski definition) is 1. The first-order chi connectivity index (χ1) is 10.2. The SMILES string of the molecule is CCCNC(CCc1ccccc1)c1cn(C)nc1CC. The second-order valence-electron chi connectivity index (χ2n) is 5.59. The van der Waals surface area contributed by atoms with Crippen LogP contribution in [0.5, 0.6) is 0 Å². The minimum Gasteiger partial charge on any atom is -0.310 e. The van der Waals surface area contributed by atoms with Gasteiger partial charge in [0.2, 0.25) is 0 Å². The number of aromatic nitrogens is 2. The highest BCUT2D eigenvalue weighted by Gasteiger charge is 2.17. The van der Waals surface area contributed by atoms with Gasteiger partial charge in [-0.05, 0) is 37.8 Å². The van der Waals surface area contributed by atoms with Gasteiger partial charge in [-0.25, -0.2) is 0 Å². The van der Waals surface area contributed by atoms with Gasteiger partial charge in [0.15, 0.2) is 0 Å². The predicted molar refractivity (Wildman–Crippen MR) is 88.4 cm³/mol. The molecule has 1 aromatic carbocycles. The molecule has 0 spiro atoms. The lowest BCUT2D eigenvalue weighted by molar-refractivity contribution is 0.496. The Bertz CT molecular complexity index is 531. The first kappa shape index (κ1) is 15.8. The Morgan fingerprint density at radius 3 is 2.62 bits per heavy atom. The topological polar surface area (TPSA) is 29.9 Å². The van der Waals surface area contributed by atoms with Crippen LogP contribution in [0.15, 0.2) is 36.5 Å². The van der Waals surface area contributed by atoms with Crippen molar-refractivity contribution in [3.05, 3.63) is 53.3 Å². The number of aryl methyl sites for hydroxylation is 3. The van der Waals surface area contributed by atoms with E-state index in [1.807, 2.05) is 11.7 Å². The summed E-state index contributed by atoms with van der Waals surface area (Å²) >= 11 is 0. The standard InChI is InChI=1S/C18H27N3/c1-4-13-19-18(12-11-15-9-7-6-8-10-15)16-14-21(3)20-17(16)5-2/h6-10,14,18-19H,4-5,11-13H2,1-3H3. The molecule has 1 heterocycles. The van der Waals surface area contributed by atoms with E-state index >= 15 is 0 Å². The molecule has 0 amide bonds. The molecular weight excluding hydrogens is 258 g/mol. The fraction of sp³-hybridized carbons (Fsp3) is 0.500. The van der Waals surface area contributed by atoms with E-state index < -0.39 is 0 Å². The summed E-state index contributed by atoms with van der Waals surface area (Å²) in [6.45, 7) is 5.45. The van der Waals surface area contributed by atoms with Gasteiger partial charge in [-0.1, -0.05) is 44.2 Å². The van der Waals surface area contributed by atoms with Gasteiger partial charge in [-0.15, -0.1) is 0 Å². The highest BCUT2D eigenvalue weighted by atomic mass is 15.3. The number of benzene rings is 1. The van der Waals surface area contributed by atoms with Crippen LogP contribution in [0.3, 0.4) is 0 Å². The molecule has 0 saturated heterocycles. The van der Waals surface area contributed by atoms with Crippen LogP contribution in [-0.2, 0) is 19.9 Å². The van der Waals surface area contributed by atoms with Crippen LogP contribution in [0.1, 0.15) is 49.6 Å². The third kappa shape index (κ3) is 4.43. The molecule has 2 rings (SSSR count). The molecule has 3 heteroatoms. The highest BCUT2D eigenvalue weighted by molar-refractivity contribution is 5.22. The second kappa shape index (κ2) is 7.99.